The molecule has 22 heavy (non-hydrogen) atoms. The number of thioether (sulfide) groups is 1. The topological polar surface area (TPSA) is 76.4 Å². The standard InChI is InChI=1S/C13H14FNOS2.CH4N2O/c1-15-10-4-3-5-11(16-2)13(10)17-8-9-6-7-12(14)18-9;2-3-1-4/h3-7,15H,8H2,1-2H3;1H,2H2,(H,3,4). The molecular formula is C14H18FN3O2S2. The molecule has 0 saturated heterocycles. The number of carbonyl (C=O) groups is 1. The molecule has 0 aliphatic carbocycles. The first-order valence-corrected chi connectivity index (χ1v) is 8.08. The summed E-state index contributed by atoms with van der Waals surface area (Å²) in [7, 11) is 3.54. The Morgan fingerprint density at radius 3 is 2.64 bits per heavy atom. The summed E-state index contributed by atoms with van der Waals surface area (Å²) in [6.45, 7) is 0. The molecule has 1 heterocycles. The van der Waals surface area contributed by atoms with Crippen molar-refractivity contribution in [2.24, 2.45) is 5.84 Å². The summed E-state index contributed by atoms with van der Waals surface area (Å²) in [5, 5.41) is 3.00. The quantitative estimate of drug-likeness (QED) is 0.247. The number of halogens is 1. The molecule has 0 bridgehead atoms. The number of thiophene rings is 1. The summed E-state index contributed by atoms with van der Waals surface area (Å²) in [5.74, 6) is 5.99. The summed E-state index contributed by atoms with van der Waals surface area (Å²) in [6, 6.07) is 9.20. The lowest BCUT2D eigenvalue weighted by molar-refractivity contribution is -0.109. The van der Waals surface area contributed by atoms with Gasteiger partial charge < -0.3 is 10.1 Å². The molecule has 1 amide bonds. The van der Waals surface area contributed by atoms with Crippen LogP contribution in [-0.4, -0.2) is 20.6 Å². The Morgan fingerprint density at radius 1 is 1.41 bits per heavy atom. The normalized spacial score (nSPS) is 9.45. The van der Waals surface area contributed by atoms with Gasteiger partial charge in [-0.15, -0.1) is 23.1 Å². The van der Waals surface area contributed by atoms with Gasteiger partial charge in [0.15, 0.2) is 5.13 Å². The Bertz CT molecular complexity index is 571. The van der Waals surface area contributed by atoms with E-state index in [2.05, 4.69) is 11.2 Å². The number of hydrazine groups is 1. The minimum absolute atomic E-state index is 0.139. The van der Waals surface area contributed by atoms with E-state index in [0.717, 1.165) is 27.0 Å². The van der Waals surface area contributed by atoms with Crippen LogP contribution in [-0.2, 0) is 10.5 Å². The maximum Gasteiger partial charge on any atom is 0.221 e. The molecule has 1 aromatic carbocycles. The van der Waals surface area contributed by atoms with E-state index in [0.29, 0.717) is 6.41 Å². The van der Waals surface area contributed by atoms with Gasteiger partial charge in [-0.3, -0.25) is 10.2 Å². The molecule has 0 fully saturated rings. The van der Waals surface area contributed by atoms with Gasteiger partial charge in [-0.1, -0.05) is 6.07 Å². The average molecular weight is 343 g/mol. The van der Waals surface area contributed by atoms with Crippen LogP contribution in [0.5, 0.6) is 5.75 Å². The Hall–Kier alpha value is -1.77. The molecule has 0 aliphatic heterocycles. The largest absolute Gasteiger partial charge is 0.496 e. The number of amides is 1. The van der Waals surface area contributed by atoms with Crippen LogP contribution in [0.4, 0.5) is 10.1 Å². The lowest BCUT2D eigenvalue weighted by Crippen LogP contribution is -2.18. The summed E-state index contributed by atoms with van der Waals surface area (Å²) >= 11 is 2.83. The van der Waals surface area contributed by atoms with Gasteiger partial charge in [-0.25, -0.2) is 5.84 Å². The molecule has 2 rings (SSSR count). The molecule has 0 aliphatic rings. The zero-order valence-electron chi connectivity index (χ0n) is 12.3. The maximum atomic E-state index is 12.9. The molecule has 0 unspecified atom stereocenters. The number of benzene rings is 1. The molecule has 0 spiro atoms. The minimum Gasteiger partial charge on any atom is -0.496 e. The Morgan fingerprint density at radius 2 is 2.14 bits per heavy atom. The van der Waals surface area contributed by atoms with Gasteiger partial charge >= 0.3 is 0 Å². The fourth-order valence-electron chi connectivity index (χ4n) is 1.59. The predicted octanol–water partition coefficient (Wildman–Crippen LogP) is 2.84. The molecule has 4 N–H and O–H groups in total. The van der Waals surface area contributed by atoms with Gasteiger partial charge in [0, 0.05) is 17.7 Å². The van der Waals surface area contributed by atoms with Gasteiger partial charge in [0.1, 0.15) is 5.75 Å². The third-order valence-electron chi connectivity index (χ3n) is 2.52. The number of rotatable bonds is 6. The number of hydrogen-bond acceptors (Lipinski definition) is 6. The Kier molecular flexibility index (Phi) is 8.34. The van der Waals surface area contributed by atoms with Crippen molar-refractivity contribution in [3.8, 4) is 5.75 Å². The number of carbonyl (C=O) groups excluding carboxylic acids is 1. The highest BCUT2D eigenvalue weighted by Gasteiger charge is 2.09. The van der Waals surface area contributed by atoms with Crippen LogP contribution in [0, 0.1) is 5.13 Å². The zero-order valence-corrected chi connectivity index (χ0v) is 13.9. The Labute approximate surface area is 137 Å². The van der Waals surface area contributed by atoms with E-state index in [1.807, 2.05) is 31.3 Å². The van der Waals surface area contributed by atoms with Gasteiger partial charge in [-0.05, 0) is 24.3 Å². The van der Waals surface area contributed by atoms with Gasteiger partial charge in [0.05, 0.1) is 17.7 Å². The second-order valence-corrected chi connectivity index (χ2v) is 5.97. The van der Waals surface area contributed by atoms with E-state index < -0.39 is 0 Å². The van der Waals surface area contributed by atoms with E-state index in [1.165, 1.54) is 17.4 Å². The second-order valence-electron chi connectivity index (χ2n) is 3.87. The van der Waals surface area contributed by atoms with Crippen molar-refractivity contribution >= 4 is 35.2 Å². The van der Waals surface area contributed by atoms with Crippen molar-refractivity contribution in [1.82, 2.24) is 5.43 Å². The molecule has 2 aromatic rings. The molecule has 1 aromatic heterocycles. The van der Waals surface area contributed by atoms with Crippen LogP contribution >= 0.6 is 23.1 Å². The SMILES string of the molecule is CNc1cccc(OC)c1SCc1ccc(F)s1.NNC=O. The molecule has 0 radical (unpaired) electrons. The Balaban J connectivity index is 0.000000541. The highest BCUT2D eigenvalue weighted by atomic mass is 32.2. The first kappa shape index (κ1) is 18.3. The summed E-state index contributed by atoms with van der Waals surface area (Å²) < 4.78 is 18.3. The summed E-state index contributed by atoms with van der Waals surface area (Å²) in [6.07, 6.45) is 0.403. The van der Waals surface area contributed by atoms with Crippen molar-refractivity contribution in [3.05, 3.63) is 40.3 Å². The molecular weight excluding hydrogens is 325 g/mol. The van der Waals surface area contributed by atoms with Crippen LogP contribution < -0.4 is 21.3 Å². The van der Waals surface area contributed by atoms with E-state index in [9.17, 15) is 4.39 Å². The fourth-order valence-corrected chi connectivity index (χ4v) is 3.53. The van der Waals surface area contributed by atoms with Crippen molar-refractivity contribution in [2.75, 3.05) is 19.5 Å². The van der Waals surface area contributed by atoms with Crippen LogP contribution in [0.25, 0.3) is 0 Å². The number of methoxy groups -OCH3 is 1. The maximum absolute atomic E-state index is 12.9. The van der Waals surface area contributed by atoms with Crippen LogP contribution in [0.3, 0.4) is 0 Å². The minimum atomic E-state index is -0.139. The third-order valence-corrected chi connectivity index (χ3v) is 4.75. The van der Waals surface area contributed by atoms with Crippen LogP contribution in [0.1, 0.15) is 4.88 Å². The lowest BCUT2D eigenvalue weighted by atomic mass is 10.3. The smallest absolute Gasteiger partial charge is 0.221 e. The van der Waals surface area contributed by atoms with Crippen LogP contribution in [0.2, 0.25) is 0 Å². The average Bonchev–Trinajstić information content (AvgIpc) is 2.98. The monoisotopic (exact) mass is 343 g/mol. The highest BCUT2D eigenvalue weighted by molar-refractivity contribution is 7.98. The first-order valence-electron chi connectivity index (χ1n) is 6.27. The number of anilines is 1. The van der Waals surface area contributed by atoms with Crippen molar-refractivity contribution in [2.45, 2.75) is 10.6 Å². The summed E-state index contributed by atoms with van der Waals surface area (Å²) in [5.41, 5.74) is 2.77. The highest BCUT2D eigenvalue weighted by Crippen LogP contribution is 2.38. The molecule has 5 nitrogen and oxygen atoms in total. The van der Waals surface area contributed by atoms with Crippen molar-refractivity contribution in [3.63, 3.8) is 0 Å². The van der Waals surface area contributed by atoms with Gasteiger partial charge in [-0.2, -0.15) is 4.39 Å². The number of ether oxygens (including phenoxy) is 1. The lowest BCUT2D eigenvalue weighted by Gasteiger charge is -2.12. The van der Waals surface area contributed by atoms with E-state index in [1.54, 1.807) is 24.3 Å². The van der Waals surface area contributed by atoms with Gasteiger partial charge in [0.25, 0.3) is 0 Å². The van der Waals surface area contributed by atoms with Crippen molar-refractivity contribution in [1.29, 1.82) is 0 Å². The predicted molar refractivity (Wildman–Crippen MR) is 89.8 cm³/mol. The third kappa shape index (κ3) is 5.55. The molecule has 0 saturated carbocycles. The second kappa shape index (κ2) is 10.0. The number of nitrogens with one attached hydrogen (secondary N) is 2. The number of nitrogens with two attached hydrogens (primary N) is 1. The summed E-state index contributed by atoms with van der Waals surface area (Å²) in [4.78, 5) is 11.0. The van der Waals surface area contributed by atoms with Gasteiger partial charge in [0.2, 0.25) is 6.41 Å². The van der Waals surface area contributed by atoms with E-state index >= 15 is 0 Å². The van der Waals surface area contributed by atoms with Crippen LogP contribution in [0.15, 0.2) is 35.2 Å². The molecule has 8 heteroatoms. The number of hydrogen-bond donors (Lipinski definition) is 3. The first-order chi connectivity index (χ1) is 10.7. The van der Waals surface area contributed by atoms with Crippen molar-refractivity contribution < 1.29 is 13.9 Å². The molecule has 120 valence electrons. The van der Waals surface area contributed by atoms with E-state index in [-0.39, 0.29) is 5.13 Å². The molecule has 0 atom stereocenters. The fraction of sp³-hybridized carbons (Fsp3) is 0.214. The zero-order chi connectivity index (χ0) is 16.4. The van der Waals surface area contributed by atoms with E-state index in [4.69, 9.17) is 9.53 Å².